The van der Waals surface area contributed by atoms with Crippen molar-refractivity contribution in [2.24, 2.45) is 11.1 Å². The van der Waals surface area contributed by atoms with Crippen molar-refractivity contribution >= 4 is 33.2 Å². The third-order valence-corrected chi connectivity index (χ3v) is 7.27. The number of carbonyl (C=O) groups is 1. The average molecular weight is 503 g/mol. The predicted molar refractivity (Wildman–Crippen MR) is 129 cm³/mol. The maximum absolute atomic E-state index is 13.2. The summed E-state index contributed by atoms with van der Waals surface area (Å²) in [5.41, 5.74) is 2.69. The van der Waals surface area contributed by atoms with Gasteiger partial charge in [0.1, 0.15) is 12.1 Å². The topological polar surface area (TPSA) is 144 Å². The van der Waals surface area contributed by atoms with Gasteiger partial charge in [-0.3, -0.25) is 8.98 Å². The molecule has 1 saturated carbocycles. The number of nitrogens with zero attached hydrogens (tertiary/aromatic N) is 2. The summed E-state index contributed by atoms with van der Waals surface area (Å²) in [5, 5.41) is 20.4. The minimum atomic E-state index is -4.07. The molecule has 3 atom stereocenters. The number of rotatable bonds is 10. The molecule has 0 unspecified atom stereocenters. The minimum Gasteiger partial charge on any atom is -0.393 e. The summed E-state index contributed by atoms with van der Waals surface area (Å²) in [6.45, 7) is -0.200. The van der Waals surface area contributed by atoms with Crippen molar-refractivity contribution in [1.82, 2.24) is 9.97 Å². The van der Waals surface area contributed by atoms with Crippen LogP contribution in [0.2, 0.25) is 0 Å². The number of hydrogen-bond donors (Lipinski definition) is 3. The average Bonchev–Trinajstić information content (AvgIpc) is 3.43. The van der Waals surface area contributed by atoms with E-state index in [0.717, 1.165) is 18.4 Å². The van der Waals surface area contributed by atoms with Crippen molar-refractivity contribution in [3.05, 3.63) is 75.9 Å². The number of nitrogens with one attached hydrogen (secondary N) is 1. The van der Waals surface area contributed by atoms with E-state index < -0.39 is 22.3 Å². The van der Waals surface area contributed by atoms with E-state index >= 15 is 0 Å². The lowest BCUT2D eigenvalue weighted by Crippen LogP contribution is -2.24. The monoisotopic (exact) mass is 502 g/mol. The highest BCUT2D eigenvalue weighted by Gasteiger charge is 2.34. The molecule has 0 aliphatic heterocycles. The van der Waals surface area contributed by atoms with Gasteiger partial charge in [0.05, 0.1) is 23.2 Å². The molecule has 1 aromatic carbocycles. The van der Waals surface area contributed by atoms with Crippen LogP contribution in [0.3, 0.4) is 0 Å². The summed E-state index contributed by atoms with van der Waals surface area (Å²) in [6, 6.07) is 11.9. The normalized spacial score (nSPS) is 20.4. The van der Waals surface area contributed by atoms with Gasteiger partial charge in [-0.05, 0) is 48.3 Å². The first-order valence-corrected chi connectivity index (χ1v) is 13.2. The van der Waals surface area contributed by atoms with Crippen LogP contribution in [0.4, 0.5) is 5.82 Å². The Kier molecular flexibility index (Phi) is 7.69. The van der Waals surface area contributed by atoms with Gasteiger partial charge in [0.15, 0.2) is 0 Å². The van der Waals surface area contributed by atoms with Crippen LogP contribution in [-0.4, -0.2) is 48.0 Å². The highest BCUT2D eigenvalue weighted by atomic mass is 32.2. The van der Waals surface area contributed by atoms with Crippen molar-refractivity contribution < 1.29 is 22.5 Å². The second kappa shape index (κ2) is 10.7. The second-order valence-corrected chi connectivity index (χ2v) is 10.5. The van der Waals surface area contributed by atoms with Crippen molar-refractivity contribution in [2.75, 3.05) is 11.9 Å². The van der Waals surface area contributed by atoms with Crippen LogP contribution in [0.5, 0.6) is 0 Å². The van der Waals surface area contributed by atoms with E-state index in [0.29, 0.717) is 29.1 Å². The van der Waals surface area contributed by atoms with Crippen LogP contribution in [0.1, 0.15) is 39.2 Å². The number of aromatic nitrogens is 2. The number of hydrogen-bond acceptors (Lipinski definition) is 9. The summed E-state index contributed by atoms with van der Waals surface area (Å²) in [5.74, 6) is -0.197. The lowest BCUT2D eigenvalue weighted by molar-refractivity contribution is 0.101. The van der Waals surface area contributed by atoms with Gasteiger partial charge >= 0.3 is 10.3 Å². The Morgan fingerprint density at radius 2 is 1.97 bits per heavy atom. The Hall–Kier alpha value is -2.70. The van der Waals surface area contributed by atoms with E-state index in [1.807, 2.05) is 29.6 Å². The molecule has 0 saturated heterocycles. The van der Waals surface area contributed by atoms with E-state index in [4.69, 9.17) is 5.14 Å². The molecule has 0 spiro atoms. The molecule has 1 fully saturated rings. The van der Waals surface area contributed by atoms with Crippen LogP contribution in [0.15, 0.2) is 54.3 Å². The number of anilines is 1. The Bertz CT molecular complexity index is 1230. The second-order valence-electron chi connectivity index (χ2n) is 8.34. The Morgan fingerprint density at radius 3 is 2.74 bits per heavy atom. The van der Waals surface area contributed by atoms with Gasteiger partial charge in [-0.2, -0.15) is 8.42 Å². The quantitative estimate of drug-likeness (QED) is 0.358. The molecule has 11 heteroatoms. The first-order valence-electron chi connectivity index (χ1n) is 10.9. The largest absolute Gasteiger partial charge is 0.393 e. The van der Waals surface area contributed by atoms with Crippen LogP contribution in [0, 0.1) is 5.92 Å². The van der Waals surface area contributed by atoms with Gasteiger partial charge in [-0.25, -0.2) is 15.1 Å². The molecular formula is C23H26N4O5S2. The van der Waals surface area contributed by atoms with Crippen LogP contribution >= 0.6 is 11.3 Å². The maximum atomic E-state index is 13.2. The fourth-order valence-electron chi connectivity index (χ4n) is 4.08. The van der Waals surface area contributed by atoms with Crippen molar-refractivity contribution in [3.8, 4) is 0 Å². The molecule has 2 aromatic heterocycles. The van der Waals surface area contributed by atoms with E-state index in [1.165, 1.54) is 29.4 Å². The number of ketones is 1. The molecule has 1 aliphatic carbocycles. The van der Waals surface area contributed by atoms with Crippen molar-refractivity contribution in [1.29, 1.82) is 0 Å². The van der Waals surface area contributed by atoms with E-state index in [1.54, 1.807) is 0 Å². The molecule has 9 nitrogen and oxygen atoms in total. The van der Waals surface area contributed by atoms with Crippen molar-refractivity contribution in [2.45, 2.75) is 37.8 Å². The zero-order chi connectivity index (χ0) is 24.1. The predicted octanol–water partition coefficient (Wildman–Crippen LogP) is 2.33. The SMILES string of the molecule is NS(=O)(=O)OC[C@H]1C[C@@H](Nc2ncncc2C(=O)c2cc(CCc3ccccc3)cs2)C[C@@H]1O. The number of nitrogens with two attached hydrogens (primary N) is 1. The van der Waals surface area contributed by atoms with E-state index in [9.17, 15) is 18.3 Å². The standard InChI is InChI=1S/C23H26N4O5S2/c24-34(30,31)32-12-17-9-18(10-20(17)28)27-23-19(11-25-14-26-23)22(29)21-8-16(13-33-21)7-6-15-4-2-1-3-5-15/h1-5,8,11,13-14,17-18,20,28H,6-7,9-10,12H2,(H2,24,30,31)(H,25,26,27)/t17-,18-,20+/m1/s1. The number of aliphatic hydroxyl groups is 1. The van der Waals surface area contributed by atoms with Gasteiger partial charge in [0, 0.05) is 18.2 Å². The van der Waals surface area contributed by atoms with Crippen molar-refractivity contribution in [3.63, 3.8) is 0 Å². The molecule has 4 N–H and O–H groups in total. The molecule has 2 heterocycles. The zero-order valence-electron chi connectivity index (χ0n) is 18.3. The fraction of sp³-hybridized carbons (Fsp3) is 0.348. The summed E-state index contributed by atoms with van der Waals surface area (Å²) in [6.07, 6.45) is 4.61. The van der Waals surface area contributed by atoms with Gasteiger partial charge in [-0.1, -0.05) is 30.3 Å². The summed E-state index contributed by atoms with van der Waals surface area (Å²) in [7, 11) is -4.07. The zero-order valence-corrected chi connectivity index (χ0v) is 20.0. The molecule has 34 heavy (non-hydrogen) atoms. The number of carbonyl (C=O) groups excluding carboxylic acids is 1. The third kappa shape index (κ3) is 6.45. The lowest BCUT2D eigenvalue weighted by Gasteiger charge is -2.15. The summed E-state index contributed by atoms with van der Waals surface area (Å²) < 4.78 is 26.7. The Balaban J connectivity index is 1.40. The highest BCUT2D eigenvalue weighted by molar-refractivity contribution is 7.84. The van der Waals surface area contributed by atoms with Crippen LogP contribution in [-0.2, 0) is 27.3 Å². The number of aryl methyl sites for hydroxylation is 2. The number of benzene rings is 1. The van der Waals surface area contributed by atoms with Gasteiger partial charge in [0.2, 0.25) is 5.78 Å². The Morgan fingerprint density at radius 1 is 1.21 bits per heavy atom. The van der Waals surface area contributed by atoms with Gasteiger partial charge in [0.25, 0.3) is 0 Å². The van der Waals surface area contributed by atoms with Gasteiger partial charge < -0.3 is 10.4 Å². The first kappa shape index (κ1) is 24.4. The molecule has 4 rings (SSSR count). The first-order chi connectivity index (χ1) is 16.3. The molecule has 1 aliphatic rings. The molecule has 0 amide bonds. The number of aliphatic hydroxyl groups excluding tert-OH is 1. The van der Waals surface area contributed by atoms with Crippen LogP contribution in [0.25, 0.3) is 0 Å². The van der Waals surface area contributed by atoms with E-state index in [2.05, 4.69) is 31.6 Å². The Labute approximate surface area is 202 Å². The summed E-state index contributed by atoms with van der Waals surface area (Å²) in [4.78, 5) is 22.1. The smallest absolute Gasteiger partial charge is 0.333 e. The fourth-order valence-corrected chi connectivity index (χ4v) is 5.34. The van der Waals surface area contributed by atoms with Gasteiger partial charge in [-0.15, -0.1) is 11.3 Å². The summed E-state index contributed by atoms with van der Waals surface area (Å²) >= 11 is 1.39. The highest BCUT2D eigenvalue weighted by Crippen LogP contribution is 2.30. The maximum Gasteiger partial charge on any atom is 0.333 e. The number of thiophene rings is 1. The lowest BCUT2D eigenvalue weighted by atomic mass is 10.1. The third-order valence-electron chi connectivity index (χ3n) is 5.82. The van der Waals surface area contributed by atoms with Crippen LogP contribution < -0.4 is 10.5 Å². The van der Waals surface area contributed by atoms with E-state index in [-0.39, 0.29) is 18.4 Å². The molecular weight excluding hydrogens is 476 g/mol. The molecule has 3 aromatic rings. The molecule has 180 valence electrons. The molecule has 0 radical (unpaired) electrons. The molecule has 0 bridgehead atoms. The minimum absolute atomic E-state index is 0.174.